The molecule has 236 valence electrons. The predicted octanol–water partition coefficient (Wildman–Crippen LogP) is 3.80. The average molecular weight is 621 g/mol. The normalized spacial score (nSPS) is 25.6. The van der Waals surface area contributed by atoms with Crippen LogP contribution in [0.3, 0.4) is 0 Å². The second-order valence-corrected chi connectivity index (χ2v) is 10.8. The average Bonchev–Trinajstić information content (AvgIpc) is 3.67. The van der Waals surface area contributed by atoms with Gasteiger partial charge in [0.05, 0.1) is 26.1 Å². The van der Waals surface area contributed by atoms with Gasteiger partial charge in [0.15, 0.2) is 11.5 Å². The molecule has 4 aliphatic heterocycles. The molecular weight excluding hydrogens is 589 g/mol. The van der Waals surface area contributed by atoms with E-state index in [9.17, 15) is 27.6 Å². The number of carbonyl (C=O) groups is 4. The minimum absolute atomic E-state index is 0.193. The Balaban J connectivity index is 0.000000493. The number of esters is 1. The molecule has 14 heteroatoms. The number of piperidine rings is 1. The van der Waals surface area contributed by atoms with Crippen LogP contribution in [-0.4, -0.2) is 84.5 Å². The van der Waals surface area contributed by atoms with Crippen molar-refractivity contribution < 1.29 is 56.4 Å². The van der Waals surface area contributed by atoms with Crippen LogP contribution in [0.25, 0.3) is 11.1 Å². The number of imide groups is 1. The summed E-state index contributed by atoms with van der Waals surface area (Å²) in [6, 6.07) is 11.1. The van der Waals surface area contributed by atoms with Crippen LogP contribution in [0.4, 0.5) is 13.2 Å². The monoisotopic (exact) mass is 620 g/mol. The maximum Gasteiger partial charge on any atom is 0.490 e. The summed E-state index contributed by atoms with van der Waals surface area (Å²) in [6.07, 6.45) is -2.93. The lowest BCUT2D eigenvalue weighted by Gasteiger charge is -2.44. The molecule has 3 fully saturated rings. The Bertz CT molecular complexity index is 1500. The molecule has 1 N–H and O–H groups in total. The fourth-order valence-electron chi connectivity index (χ4n) is 6.92. The Morgan fingerprint density at radius 3 is 2.39 bits per heavy atom. The number of rotatable bonds is 5. The van der Waals surface area contributed by atoms with E-state index in [-0.39, 0.29) is 25.2 Å². The first-order chi connectivity index (χ1) is 20.9. The second-order valence-electron chi connectivity index (χ2n) is 10.8. The minimum Gasteiger partial charge on any atom is -0.496 e. The van der Waals surface area contributed by atoms with Crippen molar-refractivity contribution in [2.75, 3.05) is 34.1 Å². The lowest BCUT2D eigenvalue weighted by molar-refractivity contribution is -0.192. The molecule has 6 rings (SSSR count). The molecule has 0 bridgehead atoms. The molecule has 4 atom stereocenters. The van der Waals surface area contributed by atoms with Crippen LogP contribution in [0, 0.1) is 11.8 Å². The summed E-state index contributed by atoms with van der Waals surface area (Å²) < 4.78 is 53.8. The molecular formula is C30H31F3N2O9. The van der Waals surface area contributed by atoms with Gasteiger partial charge in [0.2, 0.25) is 18.6 Å². The van der Waals surface area contributed by atoms with E-state index in [4.69, 9.17) is 28.8 Å². The predicted molar refractivity (Wildman–Crippen MR) is 146 cm³/mol. The third kappa shape index (κ3) is 4.90. The SMILES string of the molecule is CCN1C(=O)[C@@H]2[C@@H](c3ccc(-c4ccc5c(c4)OCO5)c(OC)c3)N3CCCC[C@@]3(C(=O)OC)[C@@H]2C1=O.O=C(O)C(F)(F)F. The first-order valence-electron chi connectivity index (χ1n) is 14.0. The highest BCUT2D eigenvalue weighted by Crippen LogP contribution is 2.59. The Kier molecular flexibility index (Phi) is 8.23. The number of carbonyl (C=O) groups excluding carboxylic acids is 3. The Labute approximate surface area is 250 Å². The standard InChI is InChI=1S/C28H30N2O7.C2HF3O2/c1-4-29-25(31)22-23(26(29)32)28(27(33)35-3)11-5-6-12-30(28)24(22)17-7-9-18(20(14-17)34-2)16-8-10-19-21(13-16)37-15-36-19;3-2(4,5)1(6)7/h7-10,13-14,22-24H,4-6,11-12,15H2,1-3H3;(H,6,7)/t22-,23-,24+,28-;/m0./s1. The smallest absolute Gasteiger partial charge is 0.490 e. The van der Waals surface area contributed by atoms with Crippen LogP contribution in [0.1, 0.15) is 37.8 Å². The largest absolute Gasteiger partial charge is 0.496 e. The number of alkyl halides is 3. The first kappa shape index (κ1) is 31.1. The van der Waals surface area contributed by atoms with Crippen molar-refractivity contribution in [2.45, 2.75) is 43.9 Å². The van der Waals surface area contributed by atoms with Crippen molar-refractivity contribution in [1.82, 2.24) is 9.80 Å². The summed E-state index contributed by atoms with van der Waals surface area (Å²) in [4.78, 5) is 52.9. The van der Waals surface area contributed by atoms with Crippen molar-refractivity contribution in [1.29, 1.82) is 0 Å². The number of likely N-dealkylation sites (tertiary alicyclic amines) is 1. The summed E-state index contributed by atoms with van der Waals surface area (Å²) in [5, 5.41) is 7.12. The quantitative estimate of drug-likeness (QED) is 0.389. The number of carboxylic acid groups (broad SMARTS) is 1. The zero-order chi connectivity index (χ0) is 32.0. The van der Waals surface area contributed by atoms with E-state index in [0.29, 0.717) is 30.2 Å². The molecule has 0 unspecified atom stereocenters. The number of amides is 2. The maximum atomic E-state index is 13.6. The van der Waals surface area contributed by atoms with E-state index in [1.54, 1.807) is 14.0 Å². The third-order valence-electron chi connectivity index (χ3n) is 8.70. The summed E-state index contributed by atoms with van der Waals surface area (Å²) >= 11 is 0. The van der Waals surface area contributed by atoms with Crippen molar-refractivity contribution in [3.8, 4) is 28.4 Å². The van der Waals surface area contributed by atoms with Crippen LogP contribution in [0.2, 0.25) is 0 Å². The highest BCUT2D eigenvalue weighted by molar-refractivity contribution is 6.09. The number of benzene rings is 2. The molecule has 11 nitrogen and oxygen atoms in total. The summed E-state index contributed by atoms with van der Waals surface area (Å²) in [7, 11) is 2.96. The Morgan fingerprint density at radius 2 is 1.75 bits per heavy atom. The summed E-state index contributed by atoms with van der Waals surface area (Å²) in [5.41, 5.74) is 1.45. The Hall–Kier alpha value is -4.33. The topological polar surface area (TPSA) is 132 Å². The van der Waals surface area contributed by atoms with E-state index in [1.165, 1.54) is 12.0 Å². The molecule has 4 heterocycles. The zero-order valence-electron chi connectivity index (χ0n) is 24.2. The lowest BCUT2D eigenvalue weighted by Crippen LogP contribution is -2.59. The van der Waals surface area contributed by atoms with Gasteiger partial charge in [0, 0.05) is 18.2 Å². The third-order valence-corrected chi connectivity index (χ3v) is 8.70. The zero-order valence-corrected chi connectivity index (χ0v) is 24.2. The van der Waals surface area contributed by atoms with Gasteiger partial charge in [-0.05, 0) is 62.1 Å². The first-order valence-corrected chi connectivity index (χ1v) is 14.0. The number of hydrogen-bond donors (Lipinski definition) is 1. The highest BCUT2D eigenvalue weighted by Gasteiger charge is 2.72. The van der Waals surface area contributed by atoms with E-state index in [2.05, 4.69) is 4.90 Å². The molecule has 44 heavy (non-hydrogen) atoms. The van der Waals surface area contributed by atoms with Crippen LogP contribution >= 0.6 is 0 Å². The summed E-state index contributed by atoms with van der Waals surface area (Å²) in [6.45, 7) is 2.86. The number of fused-ring (bicyclic) bond motifs is 4. The van der Waals surface area contributed by atoms with E-state index in [0.717, 1.165) is 29.5 Å². The molecule has 0 saturated carbocycles. The number of methoxy groups -OCH3 is 2. The van der Waals surface area contributed by atoms with Crippen LogP contribution in [0.15, 0.2) is 36.4 Å². The van der Waals surface area contributed by atoms with Gasteiger partial charge in [-0.15, -0.1) is 0 Å². The summed E-state index contributed by atoms with van der Waals surface area (Å²) in [5.74, 6) is -3.12. The number of nitrogens with zero attached hydrogens (tertiary/aromatic N) is 2. The van der Waals surface area contributed by atoms with Crippen LogP contribution < -0.4 is 14.2 Å². The molecule has 2 aromatic rings. The maximum absolute atomic E-state index is 13.6. The number of aliphatic carboxylic acids is 1. The number of ether oxygens (including phenoxy) is 4. The van der Waals surface area contributed by atoms with Crippen LogP contribution in [0.5, 0.6) is 17.2 Å². The van der Waals surface area contributed by atoms with Gasteiger partial charge >= 0.3 is 18.1 Å². The van der Waals surface area contributed by atoms with Gasteiger partial charge in [-0.3, -0.25) is 24.2 Å². The molecule has 0 radical (unpaired) electrons. The van der Waals surface area contributed by atoms with Gasteiger partial charge in [0.1, 0.15) is 11.3 Å². The van der Waals surface area contributed by atoms with Gasteiger partial charge in [-0.2, -0.15) is 13.2 Å². The fourth-order valence-corrected chi connectivity index (χ4v) is 6.92. The second kappa shape index (κ2) is 11.6. The number of carboxylic acids is 1. The lowest BCUT2D eigenvalue weighted by atomic mass is 9.75. The minimum atomic E-state index is -5.08. The van der Waals surface area contributed by atoms with Crippen molar-refractivity contribution >= 4 is 23.8 Å². The molecule has 4 aliphatic rings. The van der Waals surface area contributed by atoms with Gasteiger partial charge in [-0.1, -0.05) is 18.2 Å². The molecule has 0 spiro atoms. The van der Waals surface area contributed by atoms with Gasteiger partial charge in [0.25, 0.3) is 0 Å². The van der Waals surface area contributed by atoms with Crippen molar-refractivity contribution in [3.63, 3.8) is 0 Å². The molecule has 3 saturated heterocycles. The molecule has 0 aliphatic carbocycles. The molecule has 0 aromatic heterocycles. The molecule has 2 aromatic carbocycles. The van der Waals surface area contributed by atoms with E-state index >= 15 is 0 Å². The van der Waals surface area contributed by atoms with Gasteiger partial charge < -0.3 is 24.1 Å². The van der Waals surface area contributed by atoms with Gasteiger partial charge in [-0.25, -0.2) is 4.79 Å². The van der Waals surface area contributed by atoms with E-state index < -0.39 is 41.5 Å². The number of hydrogen-bond acceptors (Lipinski definition) is 9. The van der Waals surface area contributed by atoms with Crippen LogP contribution in [-0.2, 0) is 23.9 Å². The Morgan fingerprint density at radius 1 is 1.05 bits per heavy atom. The van der Waals surface area contributed by atoms with Crippen molar-refractivity contribution in [3.05, 3.63) is 42.0 Å². The fraction of sp³-hybridized carbons (Fsp3) is 0.467. The highest BCUT2D eigenvalue weighted by atomic mass is 19.4. The van der Waals surface area contributed by atoms with E-state index in [1.807, 2.05) is 36.4 Å². The number of halogens is 3. The van der Waals surface area contributed by atoms with Crippen molar-refractivity contribution in [2.24, 2.45) is 11.8 Å². The molecule has 2 amide bonds.